The van der Waals surface area contributed by atoms with Gasteiger partial charge < -0.3 is 10.4 Å². The van der Waals surface area contributed by atoms with Gasteiger partial charge in [-0.1, -0.05) is 12.1 Å². The molecule has 2 heterocycles. The van der Waals surface area contributed by atoms with E-state index >= 15 is 0 Å². The zero-order valence-corrected chi connectivity index (χ0v) is 10.4. The van der Waals surface area contributed by atoms with Crippen LogP contribution >= 0.6 is 0 Å². The molecule has 92 valence electrons. The summed E-state index contributed by atoms with van der Waals surface area (Å²) >= 11 is 0. The van der Waals surface area contributed by atoms with Gasteiger partial charge in [-0.3, -0.25) is 4.98 Å². The van der Waals surface area contributed by atoms with Crippen LogP contribution in [0.1, 0.15) is 28.6 Å². The summed E-state index contributed by atoms with van der Waals surface area (Å²) in [5.74, 6) is 0.339. The number of phenolic OH excluding ortho intramolecular Hbond substituents is 1. The second-order valence-electron chi connectivity index (χ2n) is 4.72. The fourth-order valence-corrected chi connectivity index (χ4v) is 2.54. The number of aromatic hydroxyl groups is 1. The van der Waals surface area contributed by atoms with Crippen molar-refractivity contribution in [1.82, 2.24) is 10.3 Å². The molecular formula is C15H16N2O. The van der Waals surface area contributed by atoms with Gasteiger partial charge in [-0.05, 0) is 48.7 Å². The van der Waals surface area contributed by atoms with Gasteiger partial charge in [0.05, 0.1) is 11.7 Å². The summed E-state index contributed by atoms with van der Waals surface area (Å²) in [5, 5.41) is 13.0. The second-order valence-corrected chi connectivity index (χ2v) is 4.72. The predicted octanol–water partition coefficient (Wildman–Crippen LogP) is 2.33. The molecule has 3 rings (SSSR count). The SMILES string of the molecule is Cc1cccc(C2NCCc3cc(O)ccc32)n1. The minimum absolute atomic E-state index is 0.134. The van der Waals surface area contributed by atoms with E-state index in [0.717, 1.165) is 24.4 Å². The van der Waals surface area contributed by atoms with Crippen LogP contribution in [0.4, 0.5) is 0 Å². The maximum Gasteiger partial charge on any atom is 0.115 e. The van der Waals surface area contributed by atoms with Gasteiger partial charge >= 0.3 is 0 Å². The summed E-state index contributed by atoms with van der Waals surface area (Å²) in [7, 11) is 0. The number of nitrogens with one attached hydrogen (secondary N) is 1. The molecule has 0 saturated heterocycles. The first-order valence-corrected chi connectivity index (χ1v) is 6.23. The molecule has 1 aliphatic rings. The van der Waals surface area contributed by atoms with Crippen molar-refractivity contribution in [1.29, 1.82) is 0 Å². The Hall–Kier alpha value is -1.87. The molecule has 1 aromatic carbocycles. The molecule has 0 fully saturated rings. The monoisotopic (exact) mass is 240 g/mol. The topological polar surface area (TPSA) is 45.1 Å². The van der Waals surface area contributed by atoms with Crippen LogP contribution in [0.5, 0.6) is 5.75 Å². The Balaban J connectivity index is 2.06. The third kappa shape index (κ3) is 1.97. The van der Waals surface area contributed by atoms with Crippen LogP contribution in [0.15, 0.2) is 36.4 Å². The van der Waals surface area contributed by atoms with Crippen molar-refractivity contribution in [2.45, 2.75) is 19.4 Å². The number of fused-ring (bicyclic) bond motifs is 1. The number of rotatable bonds is 1. The molecule has 0 radical (unpaired) electrons. The van der Waals surface area contributed by atoms with E-state index in [9.17, 15) is 5.11 Å². The van der Waals surface area contributed by atoms with Crippen molar-refractivity contribution in [3.63, 3.8) is 0 Å². The van der Waals surface area contributed by atoms with Gasteiger partial charge in [0.1, 0.15) is 5.75 Å². The van der Waals surface area contributed by atoms with E-state index in [0.29, 0.717) is 5.75 Å². The van der Waals surface area contributed by atoms with Gasteiger partial charge in [-0.15, -0.1) is 0 Å². The average Bonchev–Trinajstić information content (AvgIpc) is 2.37. The fourth-order valence-electron chi connectivity index (χ4n) is 2.54. The van der Waals surface area contributed by atoms with Crippen LogP contribution < -0.4 is 5.32 Å². The van der Waals surface area contributed by atoms with E-state index < -0.39 is 0 Å². The lowest BCUT2D eigenvalue weighted by Gasteiger charge is -2.26. The third-order valence-corrected chi connectivity index (χ3v) is 3.39. The van der Waals surface area contributed by atoms with Crippen LogP contribution in [0.3, 0.4) is 0 Å². The van der Waals surface area contributed by atoms with E-state index in [1.165, 1.54) is 11.1 Å². The molecule has 2 N–H and O–H groups in total. The lowest BCUT2D eigenvalue weighted by molar-refractivity contribution is 0.471. The minimum atomic E-state index is 0.134. The van der Waals surface area contributed by atoms with E-state index in [2.05, 4.69) is 10.3 Å². The second kappa shape index (κ2) is 4.42. The molecule has 0 spiro atoms. The molecule has 3 heteroatoms. The number of phenols is 1. The highest BCUT2D eigenvalue weighted by Crippen LogP contribution is 2.29. The van der Waals surface area contributed by atoms with Crippen LogP contribution in [0.2, 0.25) is 0 Å². The summed E-state index contributed by atoms with van der Waals surface area (Å²) in [5.41, 5.74) is 4.50. The highest BCUT2D eigenvalue weighted by Gasteiger charge is 2.22. The number of pyridine rings is 1. The van der Waals surface area contributed by atoms with Crippen molar-refractivity contribution in [2.24, 2.45) is 0 Å². The van der Waals surface area contributed by atoms with Crippen LogP contribution in [0, 0.1) is 6.92 Å². The molecule has 2 aromatic rings. The molecule has 3 nitrogen and oxygen atoms in total. The Morgan fingerprint density at radius 1 is 1.28 bits per heavy atom. The minimum Gasteiger partial charge on any atom is -0.508 e. The Morgan fingerprint density at radius 2 is 2.17 bits per heavy atom. The zero-order valence-electron chi connectivity index (χ0n) is 10.4. The lowest BCUT2D eigenvalue weighted by atomic mass is 9.92. The summed E-state index contributed by atoms with van der Waals surface area (Å²) in [4.78, 5) is 4.59. The number of nitrogens with zero attached hydrogens (tertiary/aromatic N) is 1. The van der Waals surface area contributed by atoms with Crippen LogP contribution in [-0.4, -0.2) is 16.6 Å². The van der Waals surface area contributed by atoms with Gasteiger partial charge in [0.15, 0.2) is 0 Å². The Bertz CT molecular complexity index is 580. The normalized spacial score (nSPS) is 18.4. The first kappa shape index (κ1) is 11.2. The first-order chi connectivity index (χ1) is 8.74. The number of hydrogen-bond acceptors (Lipinski definition) is 3. The zero-order chi connectivity index (χ0) is 12.5. The largest absolute Gasteiger partial charge is 0.508 e. The Labute approximate surface area is 107 Å². The van der Waals surface area contributed by atoms with Crippen LogP contribution in [0.25, 0.3) is 0 Å². The standard InChI is InChI=1S/C15H16N2O/c1-10-3-2-4-14(17-10)15-13-6-5-12(18)9-11(13)7-8-16-15/h2-6,9,15-16,18H,7-8H2,1H3. The molecule has 0 aliphatic carbocycles. The smallest absolute Gasteiger partial charge is 0.115 e. The van der Waals surface area contributed by atoms with Gasteiger partial charge in [0.25, 0.3) is 0 Å². The maximum absolute atomic E-state index is 9.55. The van der Waals surface area contributed by atoms with Crippen molar-refractivity contribution in [3.8, 4) is 5.75 Å². The number of benzene rings is 1. The summed E-state index contributed by atoms with van der Waals surface area (Å²) in [6.07, 6.45) is 0.950. The van der Waals surface area contributed by atoms with Gasteiger partial charge in [-0.2, -0.15) is 0 Å². The highest BCUT2D eigenvalue weighted by atomic mass is 16.3. The van der Waals surface area contributed by atoms with Crippen molar-refractivity contribution >= 4 is 0 Å². The van der Waals surface area contributed by atoms with Crippen molar-refractivity contribution in [3.05, 3.63) is 58.9 Å². The van der Waals surface area contributed by atoms with Crippen molar-refractivity contribution < 1.29 is 5.11 Å². The Morgan fingerprint density at radius 3 is 3.00 bits per heavy atom. The molecule has 18 heavy (non-hydrogen) atoms. The molecule has 1 aliphatic heterocycles. The van der Waals surface area contributed by atoms with E-state index in [4.69, 9.17) is 0 Å². The average molecular weight is 240 g/mol. The predicted molar refractivity (Wildman–Crippen MR) is 70.6 cm³/mol. The maximum atomic E-state index is 9.55. The highest BCUT2D eigenvalue weighted by molar-refractivity contribution is 5.41. The molecule has 0 saturated carbocycles. The number of aryl methyl sites for hydroxylation is 1. The fraction of sp³-hybridized carbons (Fsp3) is 0.267. The van der Waals surface area contributed by atoms with Gasteiger partial charge in [-0.25, -0.2) is 0 Å². The molecular weight excluding hydrogens is 224 g/mol. The molecule has 0 bridgehead atoms. The number of hydrogen-bond donors (Lipinski definition) is 2. The van der Waals surface area contributed by atoms with Gasteiger partial charge in [0, 0.05) is 12.2 Å². The van der Waals surface area contributed by atoms with E-state index in [1.807, 2.05) is 37.3 Å². The lowest BCUT2D eigenvalue weighted by Crippen LogP contribution is -2.31. The Kier molecular flexibility index (Phi) is 2.76. The van der Waals surface area contributed by atoms with E-state index in [1.54, 1.807) is 6.07 Å². The molecule has 1 atom stereocenters. The quantitative estimate of drug-likeness (QED) is 0.804. The summed E-state index contributed by atoms with van der Waals surface area (Å²) in [6.45, 7) is 2.92. The number of aromatic nitrogens is 1. The van der Waals surface area contributed by atoms with Gasteiger partial charge in [0.2, 0.25) is 0 Å². The summed E-state index contributed by atoms with van der Waals surface area (Å²) in [6, 6.07) is 11.8. The van der Waals surface area contributed by atoms with Crippen molar-refractivity contribution in [2.75, 3.05) is 6.54 Å². The molecule has 0 amide bonds. The third-order valence-electron chi connectivity index (χ3n) is 3.39. The molecule has 1 unspecified atom stereocenters. The van der Waals surface area contributed by atoms with E-state index in [-0.39, 0.29) is 6.04 Å². The molecule has 1 aromatic heterocycles. The summed E-state index contributed by atoms with van der Waals surface area (Å²) < 4.78 is 0. The first-order valence-electron chi connectivity index (χ1n) is 6.23. The van der Waals surface area contributed by atoms with Crippen LogP contribution in [-0.2, 0) is 6.42 Å².